The molecule has 3 nitrogen and oxygen atoms in total. The molecule has 0 saturated heterocycles. The molecule has 0 spiro atoms. The van der Waals surface area contributed by atoms with Crippen LogP contribution in [0, 0.1) is 12.3 Å². The topological polar surface area (TPSA) is 45.8 Å². The number of nitrogens with one attached hydrogen (secondary N) is 1. The summed E-state index contributed by atoms with van der Waals surface area (Å²) in [4.78, 5) is 20.7. The quantitative estimate of drug-likeness (QED) is 0.716. The van der Waals surface area contributed by atoms with Crippen molar-refractivity contribution in [1.29, 1.82) is 0 Å². The van der Waals surface area contributed by atoms with Crippen molar-refractivity contribution in [3.05, 3.63) is 76.7 Å². The van der Waals surface area contributed by atoms with Gasteiger partial charge in [-0.2, -0.15) is 0 Å². The molecular weight excluding hydrogens is 320 g/mol. The summed E-state index contributed by atoms with van der Waals surface area (Å²) in [5, 5.41) is 0. The third-order valence-electron chi connectivity index (χ3n) is 5.35. The highest BCUT2D eigenvalue weighted by atomic mass is 16.1. The smallest absolute Gasteiger partial charge is 0.165 e. The zero-order valence-corrected chi connectivity index (χ0v) is 15.6. The van der Waals surface area contributed by atoms with Crippen molar-refractivity contribution < 1.29 is 4.79 Å². The molecule has 132 valence electrons. The fraction of sp³-hybridized carbons (Fsp3) is 0.304. The zero-order chi connectivity index (χ0) is 18.3. The Bertz CT molecular complexity index is 967. The fourth-order valence-corrected chi connectivity index (χ4v) is 4.07. The Morgan fingerprint density at radius 2 is 1.81 bits per heavy atom. The minimum atomic E-state index is 0.00435. The lowest BCUT2D eigenvalue weighted by Crippen LogP contribution is -2.27. The molecule has 0 radical (unpaired) electrons. The Morgan fingerprint density at radius 1 is 1.08 bits per heavy atom. The van der Waals surface area contributed by atoms with Gasteiger partial charge in [0, 0.05) is 42.1 Å². The van der Waals surface area contributed by atoms with Crippen LogP contribution < -0.4 is 0 Å². The van der Waals surface area contributed by atoms with Crippen molar-refractivity contribution in [2.24, 2.45) is 5.41 Å². The molecule has 0 saturated carbocycles. The largest absolute Gasteiger partial charge is 0.358 e. The van der Waals surface area contributed by atoms with Crippen LogP contribution in [0.3, 0.4) is 0 Å². The van der Waals surface area contributed by atoms with E-state index in [0.29, 0.717) is 6.42 Å². The second-order valence-electron chi connectivity index (χ2n) is 8.11. The summed E-state index contributed by atoms with van der Waals surface area (Å²) in [5.41, 5.74) is 7.80. The summed E-state index contributed by atoms with van der Waals surface area (Å²) in [6.45, 7) is 6.47. The standard InChI is InChI=1S/C23H24N2O/c1-15-6-4-5-7-17(15)12-18-21-19(13-23(2,3)14-20(21)26)25-22(18)16-8-10-24-11-9-16/h4-11,25H,12-14H2,1-3H3. The molecule has 0 atom stereocenters. The molecule has 0 unspecified atom stereocenters. The van der Waals surface area contributed by atoms with E-state index in [0.717, 1.165) is 40.9 Å². The number of aromatic amines is 1. The van der Waals surface area contributed by atoms with Gasteiger partial charge in [0.1, 0.15) is 0 Å². The van der Waals surface area contributed by atoms with Crippen molar-refractivity contribution in [3.63, 3.8) is 0 Å². The Balaban J connectivity index is 1.89. The van der Waals surface area contributed by atoms with E-state index in [1.54, 1.807) is 12.4 Å². The molecule has 1 aliphatic carbocycles. The first-order chi connectivity index (χ1) is 12.4. The number of carbonyl (C=O) groups is 1. The lowest BCUT2D eigenvalue weighted by atomic mass is 9.75. The summed E-state index contributed by atoms with van der Waals surface area (Å²) >= 11 is 0. The number of hydrogen-bond acceptors (Lipinski definition) is 2. The summed E-state index contributed by atoms with van der Waals surface area (Å²) in [6, 6.07) is 12.4. The van der Waals surface area contributed by atoms with Gasteiger partial charge in [-0.05, 0) is 47.6 Å². The molecule has 3 aromatic rings. The minimum Gasteiger partial charge on any atom is -0.358 e. The van der Waals surface area contributed by atoms with Gasteiger partial charge in [0.05, 0.1) is 5.69 Å². The van der Waals surface area contributed by atoms with Gasteiger partial charge in [-0.25, -0.2) is 0 Å². The maximum atomic E-state index is 13.0. The zero-order valence-electron chi connectivity index (χ0n) is 15.6. The average molecular weight is 344 g/mol. The minimum absolute atomic E-state index is 0.00435. The van der Waals surface area contributed by atoms with Crippen LogP contribution >= 0.6 is 0 Å². The first-order valence-electron chi connectivity index (χ1n) is 9.16. The molecule has 0 bridgehead atoms. The van der Waals surface area contributed by atoms with Crippen molar-refractivity contribution in [3.8, 4) is 11.3 Å². The van der Waals surface area contributed by atoms with Gasteiger partial charge < -0.3 is 4.98 Å². The number of hydrogen-bond donors (Lipinski definition) is 1. The Morgan fingerprint density at radius 3 is 2.54 bits per heavy atom. The van der Waals surface area contributed by atoms with Crippen molar-refractivity contribution in [2.45, 2.75) is 40.0 Å². The first-order valence-corrected chi connectivity index (χ1v) is 9.16. The van der Waals surface area contributed by atoms with Crippen molar-refractivity contribution in [2.75, 3.05) is 0 Å². The molecule has 1 N–H and O–H groups in total. The second-order valence-corrected chi connectivity index (χ2v) is 8.11. The molecule has 0 aliphatic heterocycles. The third kappa shape index (κ3) is 2.98. The number of carbonyl (C=O) groups excluding carboxylic acids is 1. The summed E-state index contributed by atoms with van der Waals surface area (Å²) in [6.07, 6.45) is 5.88. The normalized spacial score (nSPS) is 15.7. The van der Waals surface area contributed by atoms with Crippen LogP contribution in [0.2, 0.25) is 0 Å². The maximum Gasteiger partial charge on any atom is 0.165 e. The number of Topliss-reactive ketones (excluding diaryl/α,β-unsaturated/α-hetero) is 1. The Kier molecular flexibility index (Phi) is 4.03. The number of H-pyrrole nitrogens is 1. The van der Waals surface area contributed by atoms with Crippen LogP contribution in [0.15, 0.2) is 48.8 Å². The number of ketones is 1. The van der Waals surface area contributed by atoms with Gasteiger partial charge in [-0.1, -0.05) is 38.1 Å². The number of aromatic nitrogens is 2. The number of benzene rings is 1. The van der Waals surface area contributed by atoms with Gasteiger partial charge in [-0.3, -0.25) is 9.78 Å². The second kappa shape index (κ2) is 6.24. The van der Waals surface area contributed by atoms with Crippen LogP contribution in [-0.2, 0) is 12.8 Å². The predicted molar refractivity (Wildman–Crippen MR) is 104 cm³/mol. The van der Waals surface area contributed by atoms with E-state index in [4.69, 9.17) is 0 Å². The van der Waals surface area contributed by atoms with Gasteiger partial charge in [-0.15, -0.1) is 0 Å². The van der Waals surface area contributed by atoms with E-state index < -0.39 is 0 Å². The molecular formula is C23H24N2O. The molecule has 0 amide bonds. The summed E-state index contributed by atoms with van der Waals surface area (Å²) in [5.74, 6) is 0.261. The van der Waals surface area contributed by atoms with E-state index in [2.05, 4.69) is 55.0 Å². The summed E-state index contributed by atoms with van der Waals surface area (Å²) < 4.78 is 0. The molecule has 4 rings (SSSR count). The first kappa shape index (κ1) is 16.8. The average Bonchev–Trinajstić information content (AvgIpc) is 2.95. The number of rotatable bonds is 3. The lowest BCUT2D eigenvalue weighted by molar-refractivity contribution is 0.0911. The maximum absolute atomic E-state index is 13.0. The van der Waals surface area contributed by atoms with Crippen LogP contribution in [0.25, 0.3) is 11.3 Å². The number of aryl methyl sites for hydroxylation is 1. The van der Waals surface area contributed by atoms with Crippen LogP contribution in [-0.4, -0.2) is 15.8 Å². The third-order valence-corrected chi connectivity index (χ3v) is 5.35. The van der Waals surface area contributed by atoms with E-state index >= 15 is 0 Å². The molecule has 1 aliphatic rings. The summed E-state index contributed by atoms with van der Waals surface area (Å²) in [7, 11) is 0. The molecule has 0 fully saturated rings. The predicted octanol–water partition coefficient (Wildman–Crippen LogP) is 5.13. The highest BCUT2D eigenvalue weighted by molar-refractivity contribution is 6.02. The Hall–Kier alpha value is -2.68. The van der Waals surface area contributed by atoms with E-state index in [1.807, 2.05) is 12.1 Å². The van der Waals surface area contributed by atoms with Gasteiger partial charge >= 0.3 is 0 Å². The molecule has 3 heteroatoms. The Labute approximate surface area is 154 Å². The molecule has 2 aromatic heterocycles. The van der Waals surface area contributed by atoms with Crippen LogP contribution in [0.5, 0.6) is 0 Å². The fourth-order valence-electron chi connectivity index (χ4n) is 4.07. The van der Waals surface area contributed by atoms with E-state index in [-0.39, 0.29) is 11.2 Å². The lowest BCUT2D eigenvalue weighted by Gasteiger charge is -2.28. The van der Waals surface area contributed by atoms with Gasteiger partial charge in [0.25, 0.3) is 0 Å². The number of pyridine rings is 1. The van der Waals surface area contributed by atoms with Crippen LogP contribution in [0.1, 0.15) is 53.0 Å². The van der Waals surface area contributed by atoms with Crippen LogP contribution in [0.4, 0.5) is 0 Å². The SMILES string of the molecule is Cc1ccccc1Cc1c(-c2ccncc2)[nH]c2c1C(=O)CC(C)(C)C2. The highest BCUT2D eigenvalue weighted by Gasteiger charge is 2.35. The molecule has 2 heterocycles. The van der Waals surface area contributed by atoms with Crippen molar-refractivity contribution in [1.82, 2.24) is 9.97 Å². The van der Waals surface area contributed by atoms with Gasteiger partial charge in [0.15, 0.2) is 5.78 Å². The number of fused-ring (bicyclic) bond motifs is 1. The van der Waals surface area contributed by atoms with Gasteiger partial charge in [0.2, 0.25) is 0 Å². The van der Waals surface area contributed by atoms with Crippen molar-refractivity contribution >= 4 is 5.78 Å². The number of nitrogens with zero attached hydrogens (tertiary/aromatic N) is 1. The monoisotopic (exact) mass is 344 g/mol. The van der Waals surface area contributed by atoms with E-state index in [9.17, 15) is 4.79 Å². The molecule has 1 aromatic carbocycles. The molecule has 26 heavy (non-hydrogen) atoms. The van der Waals surface area contributed by atoms with E-state index in [1.165, 1.54) is 11.1 Å². The highest BCUT2D eigenvalue weighted by Crippen LogP contribution is 2.40.